The molecule has 4 rings (SSSR count). The molecule has 132 valence electrons. The van der Waals surface area contributed by atoms with Crippen LogP contribution in [0.2, 0.25) is 0 Å². The average Bonchev–Trinajstić information content (AvgIpc) is 2.86. The first-order chi connectivity index (χ1) is 11.3. The van der Waals surface area contributed by atoms with Crippen molar-refractivity contribution in [1.82, 2.24) is 0 Å². The van der Waals surface area contributed by atoms with Crippen LogP contribution >= 0.6 is 0 Å². The summed E-state index contributed by atoms with van der Waals surface area (Å²) in [6.07, 6.45) is 3.86. The second-order valence-electron chi connectivity index (χ2n) is 8.61. The summed E-state index contributed by atoms with van der Waals surface area (Å²) >= 11 is 0. The first-order valence-corrected chi connectivity index (χ1v) is 9.14. The van der Waals surface area contributed by atoms with Crippen molar-refractivity contribution in [3.8, 4) is 0 Å². The van der Waals surface area contributed by atoms with E-state index in [1.54, 1.807) is 0 Å². The molecule has 5 nitrogen and oxygen atoms in total. The Kier molecular flexibility index (Phi) is 3.49. The van der Waals surface area contributed by atoms with Crippen LogP contribution < -0.4 is 0 Å². The van der Waals surface area contributed by atoms with Gasteiger partial charge in [-0.3, -0.25) is 4.79 Å². The lowest BCUT2D eigenvalue weighted by molar-refractivity contribution is -0.141. The highest BCUT2D eigenvalue weighted by Gasteiger charge is 2.63. The van der Waals surface area contributed by atoms with E-state index < -0.39 is 11.5 Å². The Hall–Kier alpha value is -1.20. The minimum Gasteiger partial charge on any atom is -0.509 e. The van der Waals surface area contributed by atoms with E-state index in [4.69, 9.17) is 0 Å². The Bertz CT molecular complexity index is 625. The largest absolute Gasteiger partial charge is 0.509 e. The van der Waals surface area contributed by atoms with Gasteiger partial charge in [-0.15, -0.1) is 0 Å². The van der Waals surface area contributed by atoms with Gasteiger partial charge in [0.2, 0.25) is 0 Å². The number of carbonyl (C=O) groups excluding carboxylic acids is 2. The lowest BCUT2D eigenvalue weighted by Gasteiger charge is -2.56. The quantitative estimate of drug-likeness (QED) is 0.637. The average molecular weight is 334 g/mol. The van der Waals surface area contributed by atoms with Crippen LogP contribution in [0.4, 0.5) is 0 Å². The smallest absolute Gasteiger partial charge is 0.163 e. The van der Waals surface area contributed by atoms with Gasteiger partial charge in [-0.05, 0) is 61.7 Å². The molecular formula is C19H26O5. The maximum atomic E-state index is 12.8. The molecule has 0 amide bonds. The molecule has 0 heterocycles. The third-order valence-electron chi connectivity index (χ3n) is 7.83. The molecular weight excluding hydrogens is 308 g/mol. The molecule has 3 saturated carbocycles. The molecule has 0 unspecified atom stereocenters. The maximum Gasteiger partial charge on any atom is 0.163 e. The Morgan fingerprint density at radius 1 is 1.08 bits per heavy atom. The van der Waals surface area contributed by atoms with Crippen LogP contribution in [-0.2, 0) is 9.59 Å². The third-order valence-corrected chi connectivity index (χ3v) is 7.83. The van der Waals surface area contributed by atoms with Crippen molar-refractivity contribution >= 4 is 12.1 Å². The van der Waals surface area contributed by atoms with E-state index in [-0.39, 0.29) is 46.4 Å². The zero-order chi connectivity index (χ0) is 17.3. The van der Waals surface area contributed by atoms with Gasteiger partial charge in [0.15, 0.2) is 5.78 Å². The summed E-state index contributed by atoms with van der Waals surface area (Å²) in [5.74, 6) is -0.101. The summed E-state index contributed by atoms with van der Waals surface area (Å²) < 4.78 is 0. The Morgan fingerprint density at radius 3 is 2.54 bits per heavy atom. The van der Waals surface area contributed by atoms with Gasteiger partial charge < -0.3 is 20.1 Å². The van der Waals surface area contributed by atoms with Crippen molar-refractivity contribution in [1.29, 1.82) is 0 Å². The standard InChI is InChI=1S/C19H26O5/c1-18-6-4-12-10(11(18)2-3-15(18)23)8-14(22)16-17(24)13(21)5-7-19(12,16)9-20/h9-13,15,21,23-24H,2-8H2,1H3/t10-,11-,12-,13-,15-,18-,19-/m0/s1. The minimum absolute atomic E-state index is 0.0284. The molecule has 4 aliphatic rings. The Labute approximate surface area is 141 Å². The predicted octanol–water partition coefficient (Wildman–Crippen LogP) is 1.91. The third kappa shape index (κ3) is 1.83. The van der Waals surface area contributed by atoms with Crippen molar-refractivity contribution < 1.29 is 24.9 Å². The van der Waals surface area contributed by atoms with E-state index in [1.807, 2.05) is 0 Å². The maximum absolute atomic E-state index is 12.8. The van der Waals surface area contributed by atoms with E-state index in [2.05, 4.69) is 6.92 Å². The van der Waals surface area contributed by atoms with Crippen LogP contribution in [0.1, 0.15) is 51.9 Å². The Morgan fingerprint density at radius 2 is 1.83 bits per heavy atom. The summed E-state index contributed by atoms with van der Waals surface area (Å²) in [5, 5.41) is 30.7. The summed E-state index contributed by atoms with van der Waals surface area (Å²) in [4.78, 5) is 25.0. The fourth-order valence-electron chi connectivity index (χ4n) is 6.52. The van der Waals surface area contributed by atoms with Gasteiger partial charge >= 0.3 is 0 Å². The monoisotopic (exact) mass is 334 g/mol. The number of aliphatic hydroxyl groups is 3. The second kappa shape index (κ2) is 5.15. The van der Waals surface area contributed by atoms with Gasteiger partial charge in [-0.1, -0.05) is 6.92 Å². The normalized spacial score (nSPS) is 51.0. The fraction of sp³-hybridized carbons (Fsp3) is 0.789. The zero-order valence-corrected chi connectivity index (χ0v) is 14.1. The zero-order valence-electron chi connectivity index (χ0n) is 14.1. The minimum atomic E-state index is -1.03. The van der Waals surface area contributed by atoms with Gasteiger partial charge in [0.25, 0.3) is 0 Å². The van der Waals surface area contributed by atoms with E-state index in [9.17, 15) is 24.9 Å². The number of fused-ring (bicyclic) bond motifs is 5. The number of hydrogen-bond acceptors (Lipinski definition) is 5. The molecule has 5 heteroatoms. The number of rotatable bonds is 1. The molecule has 24 heavy (non-hydrogen) atoms. The SMILES string of the molecule is C[C@]12CC[C@H]3[C@@H](CC(=O)C4=C(O)[C@@H](O)CC[C@@]43C=O)[C@@H]1CC[C@@H]2O. The van der Waals surface area contributed by atoms with Gasteiger partial charge in [0, 0.05) is 12.0 Å². The molecule has 7 atom stereocenters. The molecule has 0 radical (unpaired) electrons. The van der Waals surface area contributed by atoms with E-state index >= 15 is 0 Å². The number of hydrogen-bond donors (Lipinski definition) is 3. The molecule has 0 aromatic rings. The first kappa shape index (κ1) is 16.3. The van der Waals surface area contributed by atoms with Crippen LogP contribution in [0.25, 0.3) is 0 Å². The van der Waals surface area contributed by atoms with Crippen molar-refractivity contribution in [2.75, 3.05) is 0 Å². The van der Waals surface area contributed by atoms with Crippen LogP contribution in [0, 0.1) is 28.6 Å². The second-order valence-corrected chi connectivity index (χ2v) is 8.61. The Balaban J connectivity index is 1.81. The lowest BCUT2D eigenvalue weighted by atomic mass is 9.46. The van der Waals surface area contributed by atoms with Gasteiger partial charge in [-0.2, -0.15) is 0 Å². The summed E-state index contributed by atoms with van der Waals surface area (Å²) in [6, 6.07) is 0. The van der Waals surface area contributed by atoms with Gasteiger partial charge in [0.05, 0.1) is 11.5 Å². The van der Waals surface area contributed by atoms with Crippen molar-refractivity contribution in [3.63, 3.8) is 0 Å². The summed E-state index contributed by atoms with van der Waals surface area (Å²) in [7, 11) is 0. The molecule has 0 saturated heterocycles. The molecule has 0 bridgehead atoms. The van der Waals surface area contributed by atoms with Crippen LogP contribution in [-0.4, -0.2) is 39.6 Å². The fourth-order valence-corrected chi connectivity index (χ4v) is 6.52. The molecule has 0 aliphatic heterocycles. The van der Waals surface area contributed by atoms with Crippen molar-refractivity contribution in [3.05, 3.63) is 11.3 Å². The number of aliphatic hydroxyl groups excluding tert-OH is 3. The number of ketones is 1. The highest BCUT2D eigenvalue weighted by atomic mass is 16.3. The highest BCUT2D eigenvalue weighted by Crippen LogP contribution is 2.64. The van der Waals surface area contributed by atoms with Crippen LogP contribution in [0.5, 0.6) is 0 Å². The first-order valence-electron chi connectivity index (χ1n) is 9.14. The van der Waals surface area contributed by atoms with Crippen LogP contribution in [0.3, 0.4) is 0 Å². The summed E-state index contributed by atoms with van der Waals surface area (Å²) in [5.41, 5.74) is -0.930. The van der Waals surface area contributed by atoms with E-state index in [0.717, 1.165) is 32.0 Å². The topological polar surface area (TPSA) is 94.8 Å². The van der Waals surface area contributed by atoms with Crippen molar-refractivity contribution in [2.45, 2.75) is 64.1 Å². The highest BCUT2D eigenvalue weighted by molar-refractivity contribution is 6.02. The van der Waals surface area contributed by atoms with E-state index in [0.29, 0.717) is 19.3 Å². The van der Waals surface area contributed by atoms with Crippen LogP contribution in [0.15, 0.2) is 11.3 Å². The molecule has 0 aromatic carbocycles. The van der Waals surface area contributed by atoms with E-state index in [1.165, 1.54) is 0 Å². The number of carbonyl (C=O) groups is 2. The molecule has 3 N–H and O–H groups in total. The van der Waals surface area contributed by atoms with Gasteiger partial charge in [0.1, 0.15) is 18.1 Å². The number of aldehydes is 1. The number of Topliss-reactive ketones (excluding diaryl/α,β-unsaturated/α-hetero) is 1. The molecule has 0 spiro atoms. The molecule has 3 fully saturated rings. The number of allylic oxidation sites excluding steroid dienone is 1. The van der Waals surface area contributed by atoms with Crippen molar-refractivity contribution in [2.24, 2.45) is 28.6 Å². The molecule has 0 aromatic heterocycles. The lowest BCUT2D eigenvalue weighted by Crippen LogP contribution is -2.56. The molecule has 4 aliphatic carbocycles. The summed E-state index contributed by atoms with van der Waals surface area (Å²) in [6.45, 7) is 2.12. The predicted molar refractivity (Wildman–Crippen MR) is 86.1 cm³/mol. The van der Waals surface area contributed by atoms with Gasteiger partial charge in [-0.25, -0.2) is 0 Å².